The number of piperidine rings is 2. The minimum Gasteiger partial charge on any atom is -0.466 e. The first-order valence-electron chi connectivity index (χ1n) is 8.32. The topological polar surface area (TPSA) is 58.6 Å². The van der Waals surface area contributed by atoms with Gasteiger partial charge in [0.15, 0.2) is 0 Å². The summed E-state index contributed by atoms with van der Waals surface area (Å²) in [7, 11) is 0. The smallest absolute Gasteiger partial charge is 0.310 e. The molecule has 22 heavy (non-hydrogen) atoms. The van der Waals surface area contributed by atoms with Crippen LogP contribution in [0.1, 0.15) is 39.0 Å². The second-order valence-corrected chi connectivity index (χ2v) is 6.74. The summed E-state index contributed by atoms with van der Waals surface area (Å²) in [5, 5.41) is 3.37. The standard InChI is InChI=1S/C16H26N2O3.ClH/c1-2-21-15(20)12-4-3-9-18(11-12)14(19)13-10-16(13)5-7-17-8-6-16;/h12-13,17H,2-11H2,1H3;1H. The summed E-state index contributed by atoms with van der Waals surface area (Å²) >= 11 is 0. The average Bonchev–Trinajstić information content (AvgIpc) is 3.20. The zero-order valence-corrected chi connectivity index (χ0v) is 14.1. The van der Waals surface area contributed by atoms with E-state index < -0.39 is 0 Å². The van der Waals surface area contributed by atoms with Gasteiger partial charge in [-0.2, -0.15) is 0 Å². The molecule has 1 amide bonds. The van der Waals surface area contributed by atoms with Crippen LogP contribution in [-0.2, 0) is 14.3 Å². The van der Waals surface area contributed by atoms with Gasteiger partial charge in [0.05, 0.1) is 12.5 Å². The molecule has 1 aliphatic carbocycles. The molecule has 0 bridgehead atoms. The molecule has 1 N–H and O–H groups in total. The lowest BCUT2D eigenvalue weighted by Gasteiger charge is -2.33. The van der Waals surface area contributed by atoms with Crippen molar-refractivity contribution < 1.29 is 14.3 Å². The predicted molar refractivity (Wildman–Crippen MR) is 85.8 cm³/mol. The molecule has 2 atom stereocenters. The second-order valence-electron chi connectivity index (χ2n) is 6.74. The van der Waals surface area contributed by atoms with E-state index in [4.69, 9.17) is 4.74 Å². The summed E-state index contributed by atoms with van der Waals surface area (Å²) in [5.41, 5.74) is 0.277. The molecule has 1 saturated carbocycles. The van der Waals surface area contributed by atoms with Gasteiger partial charge in [0, 0.05) is 19.0 Å². The highest BCUT2D eigenvalue weighted by Crippen LogP contribution is 2.59. The minimum atomic E-state index is -0.137. The Balaban J connectivity index is 0.00000176. The predicted octanol–water partition coefficient (Wildman–Crippen LogP) is 1.60. The maximum atomic E-state index is 12.7. The summed E-state index contributed by atoms with van der Waals surface area (Å²) < 4.78 is 5.11. The fourth-order valence-corrected chi connectivity index (χ4v) is 4.02. The van der Waals surface area contributed by atoms with E-state index in [1.54, 1.807) is 0 Å². The molecule has 0 aromatic heterocycles. The summed E-state index contributed by atoms with van der Waals surface area (Å²) in [4.78, 5) is 26.5. The maximum Gasteiger partial charge on any atom is 0.310 e. The first-order valence-corrected chi connectivity index (χ1v) is 8.32. The highest BCUT2D eigenvalue weighted by atomic mass is 35.5. The molecule has 5 nitrogen and oxygen atoms in total. The van der Waals surface area contributed by atoms with Crippen molar-refractivity contribution in [3.05, 3.63) is 0 Å². The number of ether oxygens (including phenoxy) is 1. The number of hydrogen-bond donors (Lipinski definition) is 1. The molecule has 2 heterocycles. The number of likely N-dealkylation sites (tertiary alicyclic amines) is 1. The van der Waals surface area contributed by atoms with Crippen molar-refractivity contribution in [3.8, 4) is 0 Å². The number of amides is 1. The number of carbonyl (C=O) groups is 2. The molecule has 0 aromatic rings. The third-order valence-corrected chi connectivity index (χ3v) is 5.44. The van der Waals surface area contributed by atoms with Crippen molar-refractivity contribution >= 4 is 24.3 Å². The normalized spacial score (nSPS) is 29.6. The Hall–Kier alpha value is -0.810. The molecule has 3 aliphatic rings. The number of nitrogens with zero attached hydrogens (tertiary/aromatic N) is 1. The van der Waals surface area contributed by atoms with E-state index in [9.17, 15) is 9.59 Å². The van der Waals surface area contributed by atoms with E-state index in [1.165, 1.54) is 0 Å². The lowest BCUT2D eigenvalue weighted by atomic mass is 9.91. The number of nitrogens with one attached hydrogen (secondary N) is 1. The number of halogens is 1. The van der Waals surface area contributed by atoms with Crippen molar-refractivity contribution in [1.29, 1.82) is 0 Å². The first kappa shape index (κ1) is 17.5. The number of carbonyl (C=O) groups excluding carboxylic acids is 2. The van der Waals surface area contributed by atoms with Crippen molar-refractivity contribution in [3.63, 3.8) is 0 Å². The summed E-state index contributed by atoms with van der Waals surface area (Å²) in [6, 6.07) is 0. The summed E-state index contributed by atoms with van der Waals surface area (Å²) in [5.74, 6) is 0.235. The fourth-order valence-electron chi connectivity index (χ4n) is 4.02. The second kappa shape index (κ2) is 7.18. The van der Waals surface area contributed by atoms with Gasteiger partial charge in [-0.1, -0.05) is 0 Å². The van der Waals surface area contributed by atoms with Crippen LogP contribution in [0.2, 0.25) is 0 Å². The van der Waals surface area contributed by atoms with Gasteiger partial charge >= 0.3 is 5.97 Å². The van der Waals surface area contributed by atoms with E-state index in [1.807, 2.05) is 11.8 Å². The van der Waals surface area contributed by atoms with E-state index >= 15 is 0 Å². The van der Waals surface area contributed by atoms with Crippen molar-refractivity contribution in [2.24, 2.45) is 17.3 Å². The average molecular weight is 331 g/mol. The Morgan fingerprint density at radius 3 is 2.73 bits per heavy atom. The molecule has 2 aliphatic heterocycles. The number of esters is 1. The lowest BCUT2D eigenvalue weighted by molar-refractivity contribution is -0.151. The summed E-state index contributed by atoms with van der Waals surface area (Å²) in [6.45, 7) is 5.68. The van der Waals surface area contributed by atoms with Gasteiger partial charge in [-0.25, -0.2) is 0 Å². The molecule has 1 spiro atoms. The van der Waals surface area contributed by atoms with Crippen LogP contribution >= 0.6 is 12.4 Å². The number of rotatable bonds is 3. The maximum absolute atomic E-state index is 12.7. The van der Waals surface area contributed by atoms with E-state index in [0.29, 0.717) is 13.2 Å². The molecule has 0 radical (unpaired) electrons. The molecule has 2 saturated heterocycles. The molecule has 3 rings (SSSR count). The van der Waals surface area contributed by atoms with Gasteiger partial charge in [-0.15, -0.1) is 12.4 Å². The van der Waals surface area contributed by atoms with Crippen LogP contribution in [0.25, 0.3) is 0 Å². The molecule has 126 valence electrons. The van der Waals surface area contributed by atoms with E-state index in [2.05, 4.69) is 5.32 Å². The van der Waals surface area contributed by atoms with Crippen molar-refractivity contribution in [2.75, 3.05) is 32.8 Å². The van der Waals surface area contributed by atoms with E-state index in [-0.39, 0.29) is 41.5 Å². The first-order chi connectivity index (χ1) is 10.2. The third-order valence-electron chi connectivity index (χ3n) is 5.44. The molecular weight excluding hydrogens is 304 g/mol. The van der Waals surface area contributed by atoms with Crippen molar-refractivity contribution in [2.45, 2.75) is 39.0 Å². The van der Waals surface area contributed by atoms with E-state index in [0.717, 1.165) is 51.7 Å². The lowest BCUT2D eigenvalue weighted by Crippen LogP contribution is -2.44. The quantitative estimate of drug-likeness (QED) is 0.799. The highest BCUT2D eigenvalue weighted by Gasteiger charge is 2.58. The zero-order chi connectivity index (χ0) is 14.9. The van der Waals surface area contributed by atoms with Crippen LogP contribution in [0.5, 0.6) is 0 Å². The van der Waals surface area contributed by atoms with Crippen LogP contribution in [0, 0.1) is 17.3 Å². The van der Waals surface area contributed by atoms with Gasteiger partial charge < -0.3 is 15.0 Å². The Bertz CT molecular complexity index is 424. The molecule has 0 aromatic carbocycles. The fraction of sp³-hybridized carbons (Fsp3) is 0.875. The Labute approximate surface area is 138 Å². The highest BCUT2D eigenvalue weighted by molar-refractivity contribution is 5.85. The largest absolute Gasteiger partial charge is 0.466 e. The summed E-state index contributed by atoms with van der Waals surface area (Å²) in [6.07, 6.45) is 5.06. The Kier molecular flexibility index (Phi) is 5.72. The SMILES string of the molecule is CCOC(=O)C1CCCN(C(=O)C2CC23CCNCC3)C1.Cl. The van der Waals surface area contributed by atoms with Gasteiger partial charge in [-0.05, 0) is 57.5 Å². The molecular formula is C16H27ClN2O3. The Morgan fingerprint density at radius 1 is 1.32 bits per heavy atom. The van der Waals surface area contributed by atoms with Crippen LogP contribution in [0.4, 0.5) is 0 Å². The van der Waals surface area contributed by atoms with Gasteiger partial charge in [0.2, 0.25) is 5.91 Å². The van der Waals surface area contributed by atoms with Crippen LogP contribution < -0.4 is 5.32 Å². The van der Waals surface area contributed by atoms with Gasteiger partial charge in [0.1, 0.15) is 0 Å². The number of hydrogen-bond acceptors (Lipinski definition) is 4. The van der Waals surface area contributed by atoms with Crippen molar-refractivity contribution in [1.82, 2.24) is 10.2 Å². The van der Waals surface area contributed by atoms with Crippen LogP contribution in [0.3, 0.4) is 0 Å². The van der Waals surface area contributed by atoms with Gasteiger partial charge in [-0.3, -0.25) is 9.59 Å². The molecule has 2 unspecified atom stereocenters. The Morgan fingerprint density at radius 2 is 2.05 bits per heavy atom. The molecule has 3 fully saturated rings. The monoisotopic (exact) mass is 330 g/mol. The zero-order valence-electron chi connectivity index (χ0n) is 13.3. The third kappa shape index (κ3) is 3.40. The van der Waals surface area contributed by atoms with Gasteiger partial charge in [0.25, 0.3) is 0 Å². The minimum absolute atomic E-state index is 0. The van der Waals surface area contributed by atoms with Crippen LogP contribution in [0.15, 0.2) is 0 Å². The van der Waals surface area contributed by atoms with Crippen LogP contribution in [-0.4, -0.2) is 49.6 Å². The molecule has 6 heteroatoms.